The maximum atomic E-state index is 12.2. The van der Waals surface area contributed by atoms with E-state index in [9.17, 15) is 4.79 Å². The van der Waals surface area contributed by atoms with Gasteiger partial charge in [-0.15, -0.1) is 0 Å². The predicted molar refractivity (Wildman–Crippen MR) is 77.9 cm³/mol. The number of esters is 1. The molecular weight excluding hydrogens is 272 g/mol. The van der Waals surface area contributed by atoms with Gasteiger partial charge in [0.2, 0.25) is 5.60 Å². The molecule has 1 aliphatic rings. The molecule has 0 bridgehead atoms. The molecule has 114 valence electrons. The first-order valence-corrected chi connectivity index (χ1v) is 6.73. The molecule has 1 unspecified atom stereocenters. The van der Waals surface area contributed by atoms with E-state index < -0.39 is 17.6 Å². The summed E-state index contributed by atoms with van der Waals surface area (Å²) in [5.41, 5.74) is 6.40. The number of rotatable bonds is 6. The van der Waals surface area contributed by atoms with Crippen LogP contribution >= 0.6 is 0 Å². The highest BCUT2D eigenvalue weighted by molar-refractivity contribution is 5.96. The minimum atomic E-state index is -1.14. The fraction of sp³-hybridized carbons (Fsp3) is 0.467. The van der Waals surface area contributed by atoms with Crippen LogP contribution in [-0.2, 0) is 25.5 Å². The fourth-order valence-corrected chi connectivity index (χ4v) is 2.37. The Hall–Kier alpha value is -1.92. The Morgan fingerprint density at radius 1 is 1.43 bits per heavy atom. The lowest BCUT2D eigenvalue weighted by Gasteiger charge is -2.24. The lowest BCUT2D eigenvalue weighted by atomic mass is 9.88. The van der Waals surface area contributed by atoms with Crippen LogP contribution in [0.25, 0.3) is 0 Å². The number of oxime groups is 1. The van der Waals surface area contributed by atoms with Crippen molar-refractivity contribution < 1.29 is 19.1 Å². The minimum absolute atomic E-state index is 0.305. The molecule has 1 aromatic rings. The Labute approximate surface area is 123 Å². The number of ether oxygens (including phenoxy) is 2. The van der Waals surface area contributed by atoms with Crippen LogP contribution in [0.2, 0.25) is 0 Å². The van der Waals surface area contributed by atoms with E-state index in [0.29, 0.717) is 25.2 Å². The van der Waals surface area contributed by atoms with Crippen LogP contribution < -0.4 is 5.73 Å². The van der Waals surface area contributed by atoms with Crippen LogP contribution in [0.5, 0.6) is 0 Å². The highest BCUT2D eigenvalue weighted by Crippen LogP contribution is 2.30. The molecule has 1 aromatic carbocycles. The second kappa shape index (κ2) is 6.69. The second-order valence-electron chi connectivity index (χ2n) is 5.06. The summed E-state index contributed by atoms with van der Waals surface area (Å²) in [6.07, 6.45) is 0.687. The molecule has 1 aliphatic heterocycles. The van der Waals surface area contributed by atoms with Crippen molar-refractivity contribution in [1.82, 2.24) is 0 Å². The molecule has 1 heterocycles. The summed E-state index contributed by atoms with van der Waals surface area (Å²) in [5.74, 6) is -0.449. The molecule has 0 aliphatic carbocycles. The zero-order valence-electron chi connectivity index (χ0n) is 12.2. The molecule has 2 atom stereocenters. The number of carbonyl (C=O) groups excluding carboxylic acids is 1. The Morgan fingerprint density at radius 2 is 2.14 bits per heavy atom. The van der Waals surface area contributed by atoms with Crippen molar-refractivity contribution in [2.75, 3.05) is 20.8 Å². The maximum absolute atomic E-state index is 12.2. The van der Waals surface area contributed by atoms with Gasteiger partial charge in [0, 0.05) is 20.0 Å². The van der Waals surface area contributed by atoms with Crippen LogP contribution in [-0.4, -0.2) is 44.2 Å². The smallest absolute Gasteiger partial charge is 0.353 e. The topological polar surface area (TPSA) is 83.1 Å². The number of nitrogens with two attached hydrogens (primary N) is 1. The van der Waals surface area contributed by atoms with Gasteiger partial charge in [0.15, 0.2) is 0 Å². The molecule has 6 nitrogen and oxygen atoms in total. The van der Waals surface area contributed by atoms with Crippen molar-refractivity contribution in [3.8, 4) is 0 Å². The number of hydrogen-bond donors (Lipinski definition) is 1. The Balaban J connectivity index is 2.16. The summed E-state index contributed by atoms with van der Waals surface area (Å²) in [7, 11) is 2.90. The third-order valence-electron chi connectivity index (χ3n) is 3.47. The molecule has 0 saturated carbocycles. The number of hydrogen-bond acceptors (Lipinski definition) is 6. The van der Waals surface area contributed by atoms with E-state index in [1.165, 1.54) is 7.11 Å². The van der Waals surface area contributed by atoms with Crippen LogP contribution in [0.3, 0.4) is 0 Å². The lowest BCUT2D eigenvalue weighted by Crippen LogP contribution is -2.44. The van der Waals surface area contributed by atoms with Gasteiger partial charge in [-0.25, -0.2) is 4.79 Å². The van der Waals surface area contributed by atoms with E-state index in [1.54, 1.807) is 7.11 Å². The number of nitrogens with zero attached hydrogens (tertiary/aromatic N) is 1. The Morgan fingerprint density at radius 3 is 2.76 bits per heavy atom. The van der Waals surface area contributed by atoms with Crippen LogP contribution in [0, 0.1) is 0 Å². The summed E-state index contributed by atoms with van der Waals surface area (Å²) in [5, 5.41) is 3.98. The summed E-state index contributed by atoms with van der Waals surface area (Å²) in [4.78, 5) is 17.6. The molecular formula is C15H20N2O4. The van der Waals surface area contributed by atoms with Gasteiger partial charge in [0.05, 0.1) is 25.5 Å². The lowest BCUT2D eigenvalue weighted by molar-refractivity contribution is -0.166. The van der Waals surface area contributed by atoms with Gasteiger partial charge in [0.25, 0.3) is 0 Å². The van der Waals surface area contributed by atoms with Crippen molar-refractivity contribution in [2.45, 2.75) is 24.5 Å². The second-order valence-corrected chi connectivity index (χ2v) is 5.06. The highest BCUT2D eigenvalue weighted by Gasteiger charge is 2.48. The van der Waals surface area contributed by atoms with Gasteiger partial charge in [0.1, 0.15) is 0 Å². The molecule has 0 fully saturated rings. The SMILES string of the molecule is COC[C@H](N)C1=NOC(Cc2ccccc2)(C(=O)OC)C1. The molecule has 21 heavy (non-hydrogen) atoms. The van der Waals surface area contributed by atoms with Gasteiger partial charge in [-0.2, -0.15) is 0 Å². The number of benzene rings is 1. The van der Waals surface area contributed by atoms with E-state index in [2.05, 4.69) is 5.16 Å². The average molecular weight is 292 g/mol. The molecule has 0 saturated heterocycles. The molecule has 6 heteroatoms. The monoisotopic (exact) mass is 292 g/mol. The van der Waals surface area contributed by atoms with E-state index >= 15 is 0 Å². The first-order valence-electron chi connectivity index (χ1n) is 6.73. The summed E-state index contributed by atoms with van der Waals surface area (Å²) in [6.45, 7) is 0.324. The van der Waals surface area contributed by atoms with E-state index in [4.69, 9.17) is 20.0 Å². The van der Waals surface area contributed by atoms with Gasteiger partial charge in [-0.1, -0.05) is 35.5 Å². The van der Waals surface area contributed by atoms with Crippen LogP contribution in [0.1, 0.15) is 12.0 Å². The van der Waals surface area contributed by atoms with Gasteiger partial charge >= 0.3 is 5.97 Å². The van der Waals surface area contributed by atoms with Gasteiger partial charge in [-0.05, 0) is 5.56 Å². The first-order chi connectivity index (χ1) is 10.1. The average Bonchev–Trinajstić information content (AvgIpc) is 2.93. The summed E-state index contributed by atoms with van der Waals surface area (Å²) in [6, 6.07) is 9.21. The largest absolute Gasteiger partial charge is 0.466 e. The van der Waals surface area contributed by atoms with Gasteiger partial charge < -0.3 is 20.0 Å². The van der Waals surface area contributed by atoms with E-state index in [0.717, 1.165) is 5.56 Å². The van der Waals surface area contributed by atoms with Crippen molar-refractivity contribution in [1.29, 1.82) is 0 Å². The Kier molecular flexibility index (Phi) is 4.93. The van der Waals surface area contributed by atoms with E-state index in [-0.39, 0.29) is 0 Å². The number of methoxy groups -OCH3 is 2. The quantitative estimate of drug-likeness (QED) is 0.787. The molecule has 0 amide bonds. The summed E-state index contributed by atoms with van der Waals surface area (Å²) >= 11 is 0. The first kappa shape index (κ1) is 15.5. The zero-order valence-corrected chi connectivity index (χ0v) is 12.2. The predicted octanol–water partition coefficient (Wildman–Crippen LogP) is 0.891. The van der Waals surface area contributed by atoms with E-state index in [1.807, 2.05) is 30.3 Å². The standard InChI is InChI=1S/C15H20N2O4/c1-19-10-12(16)13-9-15(21-17-13,14(18)20-2)8-11-6-4-3-5-7-11/h3-7,12H,8-10,16H2,1-2H3/t12-,15?/m0/s1. The third kappa shape index (κ3) is 3.40. The van der Waals surface area contributed by atoms with Gasteiger partial charge in [-0.3, -0.25) is 0 Å². The maximum Gasteiger partial charge on any atom is 0.353 e. The van der Waals surface area contributed by atoms with Crippen molar-refractivity contribution in [3.63, 3.8) is 0 Å². The highest BCUT2D eigenvalue weighted by atomic mass is 16.7. The normalized spacial score (nSPS) is 22.3. The number of carbonyl (C=O) groups is 1. The van der Waals surface area contributed by atoms with Crippen molar-refractivity contribution in [3.05, 3.63) is 35.9 Å². The summed E-state index contributed by atoms with van der Waals surface area (Å²) < 4.78 is 9.90. The molecule has 2 N–H and O–H groups in total. The van der Waals surface area contributed by atoms with Crippen molar-refractivity contribution >= 4 is 11.7 Å². The zero-order chi connectivity index (χ0) is 15.3. The molecule has 0 aromatic heterocycles. The fourth-order valence-electron chi connectivity index (χ4n) is 2.37. The minimum Gasteiger partial charge on any atom is -0.466 e. The molecule has 0 spiro atoms. The van der Waals surface area contributed by atoms with Crippen LogP contribution in [0.4, 0.5) is 0 Å². The van der Waals surface area contributed by atoms with Crippen LogP contribution in [0.15, 0.2) is 35.5 Å². The molecule has 2 rings (SSSR count). The van der Waals surface area contributed by atoms with Crippen molar-refractivity contribution in [2.24, 2.45) is 10.9 Å². The Bertz CT molecular complexity index is 518. The third-order valence-corrected chi connectivity index (χ3v) is 3.47. The molecule has 0 radical (unpaired) electrons.